The first-order valence-corrected chi connectivity index (χ1v) is 6.21. The summed E-state index contributed by atoms with van der Waals surface area (Å²) in [5, 5.41) is 10.8. The third kappa shape index (κ3) is 6.88. The Morgan fingerprint density at radius 3 is 2.71 bits per heavy atom. The molecule has 4 N–H and O–H groups in total. The molecule has 0 amide bonds. The maximum absolute atomic E-state index is 11.2. The highest BCUT2D eigenvalue weighted by Gasteiger charge is 2.21. The van der Waals surface area contributed by atoms with E-state index in [4.69, 9.17) is 15.5 Å². The Morgan fingerprint density at radius 2 is 2.21 bits per heavy atom. The van der Waals surface area contributed by atoms with E-state index in [1.165, 1.54) is 0 Å². The summed E-state index contributed by atoms with van der Waals surface area (Å²) >= 11 is 0. The molecule has 0 radical (unpaired) electrons. The number of hydrogen-bond donors (Lipinski definition) is 3. The molecule has 1 atom stereocenters. The highest BCUT2D eigenvalue weighted by Crippen LogP contribution is 2.41. The first-order valence-electron chi connectivity index (χ1n) is 4.44. The van der Waals surface area contributed by atoms with Crippen LogP contribution in [0.25, 0.3) is 0 Å². The average Bonchev–Trinajstić information content (AvgIpc) is 2.12. The van der Waals surface area contributed by atoms with E-state index in [0.29, 0.717) is 0 Å². The average molecular weight is 224 g/mol. The Morgan fingerprint density at radius 1 is 1.57 bits per heavy atom. The second kappa shape index (κ2) is 6.81. The van der Waals surface area contributed by atoms with Crippen molar-refractivity contribution in [3.05, 3.63) is 0 Å². The van der Waals surface area contributed by atoms with Crippen LogP contribution in [-0.2, 0) is 9.09 Å². The first kappa shape index (κ1) is 13.4. The summed E-state index contributed by atoms with van der Waals surface area (Å²) in [7, 11) is -3.72. The Labute approximate surface area is 83.3 Å². The van der Waals surface area contributed by atoms with Crippen LogP contribution in [-0.4, -0.2) is 28.7 Å². The molecule has 0 aliphatic carbocycles. The van der Waals surface area contributed by atoms with Crippen LogP contribution in [0.1, 0.15) is 26.2 Å². The number of hydrogen-bond acceptors (Lipinski definition) is 4. The fourth-order valence-corrected chi connectivity index (χ4v) is 1.82. The smallest absolute Gasteiger partial charge is 0.335 e. The maximum atomic E-state index is 11.2. The summed E-state index contributed by atoms with van der Waals surface area (Å²) in [6, 6.07) is 0. The monoisotopic (exact) mass is 224 g/mol. The molecule has 14 heavy (non-hydrogen) atoms. The molecular weight excluding hydrogens is 207 g/mol. The quantitative estimate of drug-likeness (QED) is 0.150. The lowest BCUT2D eigenvalue weighted by atomic mass is 10.3. The summed E-state index contributed by atoms with van der Waals surface area (Å²) < 4.78 is 16.0. The molecule has 0 saturated carbocycles. The van der Waals surface area contributed by atoms with Gasteiger partial charge in [-0.05, 0) is 6.42 Å². The van der Waals surface area contributed by atoms with Crippen molar-refractivity contribution in [2.45, 2.75) is 26.2 Å². The van der Waals surface area contributed by atoms with Crippen molar-refractivity contribution in [3.8, 4) is 0 Å². The van der Waals surface area contributed by atoms with Gasteiger partial charge >= 0.3 is 7.60 Å². The van der Waals surface area contributed by atoms with Gasteiger partial charge in [0.05, 0.1) is 6.61 Å². The Hall–Kier alpha value is -0.580. The van der Waals surface area contributed by atoms with Gasteiger partial charge < -0.3 is 20.4 Å². The van der Waals surface area contributed by atoms with Crippen LogP contribution < -0.4 is 5.73 Å². The van der Waals surface area contributed by atoms with E-state index in [2.05, 4.69) is 5.16 Å². The van der Waals surface area contributed by atoms with Crippen molar-refractivity contribution in [2.24, 2.45) is 10.9 Å². The molecule has 0 spiro atoms. The van der Waals surface area contributed by atoms with Gasteiger partial charge in [-0.3, -0.25) is 4.57 Å². The number of rotatable bonds is 7. The first-order chi connectivity index (χ1) is 6.52. The Balaban J connectivity index is 3.78. The molecule has 84 valence electrons. The second-order valence-corrected chi connectivity index (χ2v) is 4.78. The largest absolute Gasteiger partial charge is 0.409 e. The van der Waals surface area contributed by atoms with Gasteiger partial charge in [-0.15, -0.1) is 0 Å². The molecule has 6 nitrogen and oxygen atoms in total. The topological polar surface area (TPSA) is 105 Å². The molecule has 0 rings (SSSR count). The van der Waals surface area contributed by atoms with Gasteiger partial charge in [0.2, 0.25) is 0 Å². The summed E-state index contributed by atoms with van der Waals surface area (Å²) in [4.78, 5) is 9.18. The van der Waals surface area contributed by atoms with Crippen LogP contribution in [0.2, 0.25) is 0 Å². The van der Waals surface area contributed by atoms with E-state index in [-0.39, 0.29) is 12.4 Å². The summed E-state index contributed by atoms with van der Waals surface area (Å²) in [5.41, 5.74) is 5.08. The molecule has 0 aliphatic rings. The molecule has 0 aliphatic heterocycles. The predicted molar refractivity (Wildman–Crippen MR) is 53.6 cm³/mol. The maximum Gasteiger partial charge on any atom is 0.335 e. The van der Waals surface area contributed by atoms with Gasteiger partial charge in [-0.1, -0.05) is 24.9 Å². The molecule has 0 aromatic rings. The van der Waals surface area contributed by atoms with Crippen molar-refractivity contribution in [3.63, 3.8) is 0 Å². The summed E-state index contributed by atoms with van der Waals surface area (Å²) in [5.74, 6) is -0.300. The normalized spacial score (nSPS) is 16.6. The Bertz CT molecular complexity index is 232. The molecule has 0 aromatic heterocycles. The van der Waals surface area contributed by atoms with Crippen LogP contribution in [0.4, 0.5) is 0 Å². The molecule has 0 aromatic carbocycles. The van der Waals surface area contributed by atoms with Crippen molar-refractivity contribution < 1.29 is 19.2 Å². The molecule has 1 unspecified atom stereocenters. The van der Waals surface area contributed by atoms with E-state index >= 15 is 0 Å². The number of oxime groups is 1. The van der Waals surface area contributed by atoms with E-state index < -0.39 is 13.8 Å². The minimum atomic E-state index is -3.72. The lowest BCUT2D eigenvalue weighted by molar-refractivity contribution is 0.255. The number of unbranched alkanes of at least 4 members (excludes halogenated alkanes) is 2. The fraction of sp³-hybridized carbons (Fsp3) is 0.857. The number of nitrogens with zero attached hydrogens (tertiary/aromatic N) is 1. The zero-order valence-electron chi connectivity index (χ0n) is 8.22. The summed E-state index contributed by atoms with van der Waals surface area (Å²) in [6.07, 6.45) is 2.26. The molecule has 0 fully saturated rings. The molecule has 0 saturated heterocycles. The van der Waals surface area contributed by atoms with Gasteiger partial charge in [0.1, 0.15) is 6.16 Å². The Kier molecular flexibility index (Phi) is 6.53. The SMILES string of the molecule is CCCCCOP(=O)(O)CC(N)=NO. The highest BCUT2D eigenvalue weighted by atomic mass is 31.2. The van der Waals surface area contributed by atoms with Crippen LogP contribution in [0.3, 0.4) is 0 Å². The minimum absolute atomic E-state index is 0.223. The van der Waals surface area contributed by atoms with Crippen molar-refractivity contribution >= 4 is 13.4 Å². The standard InChI is InChI=1S/C7H17N2O4P/c1-2-3-4-5-13-14(11,12)6-7(8)9-10/h10H,2-6H2,1H3,(H2,8,9)(H,11,12). The van der Waals surface area contributed by atoms with Gasteiger partial charge in [-0.2, -0.15) is 0 Å². The van der Waals surface area contributed by atoms with Crippen LogP contribution in [0.5, 0.6) is 0 Å². The van der Waals surface area contributed by atoms with Crippen molar-refractivity contribution in [1.82, 2.24) is 0 Å². The van der Waals surface area contributed by atoms with Crippen LogP contribution in [0, 0.1) is 0 Å². The molecular formula is C7H17N2O4P. The van der Waals surface area contributed by atoms with Crippen LogP contribution in [0.15, 0.2) is 5.16 Å². The zero-order chi connectivity index (χ0) is 11.0. The number of amidine groups is 1. The number of nitrogens with two attached hydrogens (primary N) is 1. The lowest BCUT2D eigenvalue weighted by Crippen LogP contribution is -2.17. The van der Waals surface area contributed by atoms with E-state index in [1.807, 2.05) is 6.92 Å². The fourth-order valence-electron chi connectivity index (χ4n) is 0.841. The second-order valence-electron chi connectivity index (χ2n) is 2.93. The molecule has 7 heteroatoms. The predicted octanol–water partition coefficient (Wildman–Crippen LogP) is 1.12. The highest BCUT2D eigenvalue weighted by molar-refractivity contribution is 7.53. The van der Waals surface area contributed by atoms with Crippen molar-refractivity contribution in [2.75, 3.05) is 12.8 Å². The third-order valence-electron chi connectivity index (χ3n) is 1.53. The van der Waals surface area contributed by atoms with Gasteiger partial charge in [0.25, 0.3) is 0 Å². The molecule has 0 bridgehead atoms. The van der Waals surface area contributed by atoms with Crippen LogP contribution >= 0.6 is 7.60 Å². The molecule has 0 heterocycles. The van der Waals surface area contributed by atoms with E-state index in [0.717, 1.165) is 19.3 Å². The van der Waals surface area contributed by atoms with Gasteiger partial charge in [0.15, 0.2) is 5.84 Å². The third-order valence-corrected chi connectivity index (χ3v) is 2.84. The van der Waals surface area contributed by atoms with Gasteiger partial charge in [0, 0.05) is 0 Å². The van der Waals surface area contributed by atoms with E-state index in [9.17, 15) is 9.46 Å². The van der Waals surface area contributed by atoms with Crippen molar-refractivity contribution in [1.29, 1.82) is 0 Å². The summed E-state index contributed by atoms with van der Waals surface area (Å²) in [6.45, 7) is 2.25. The lowest BCUT2D eigenvalue weighted by Gasteiger charge is -2.10. The zero-order valence-corrected chi connectivity index (χ0v) is 9.11. The van der Waals surface area contributed by atoms with E-state index in [1.54, 1.807) is 0 Å². The minimum Gasteiger partial charge on any atom is -0.409 e. The van der Waals surface area contributed by atoms with Gasteiger partial charge in [-0.25, -0.2) is 0 Å².